The number of hydrogen-bond donors (Lipinski definition) is 0. The summed E-state index contributed by atoms with van der Waals surface area (Å²) in [7, 11) is 1.99. The van der Waals surface area contributed by atoms with Crippen LogP contribution in [0.3, 0.4) is 0 Å². The van der Waals surface area contributed by atoms with E-state index in [-0.39, 0.29) is 0 Å². The summed E-state index contributed by atoms with van der Waals surface area (Å²) < 4.78 is 1.97. The number of fused-ring (bicyclic) bond motifs is 1. The number of benzene rings is 1. The smallest absolute Gasteiger partial charge is 0.150 e. The van der Waals surface area contributed by atoms with E-state index in [4.69, 9.17) is 0 Å². The van der Waals surface area contributed by atoms with E-state index in [1.165, 1.54) is 31.4 Å². The number of aromatic nitrogens is 2. The molecule has 0 amide bonds. The van der Waals surface area contributed by atoms with E-state index in [9.17, 15) is 4.79 Å². The minimum absolute atomic E-state index is 0.575. The lowest BCUT2D eigenvalue weighted by Gasteiger charge is -2.10. The summed E-state index contributed by atoms with van der Waals surface area (Å²) >= 11 is 0. The van der Waals surface area contributed by atoms with Gasteiger partial charge in [-0.3, -0.25) is 9.48 Å². The third-order valence-electron chi connectivity index (χ3n) is 3.81. The summed E-state index contributed by atoms with van der Waals surface area (Å²) in [6, 6.07) is 5.77. The highest BCUT2D eigenvalue weighted by Gasteiger charge is 2.24. The Morgan fingerprint density at radius 1 is 1.35 bits per heavy atom. The van der Waals surface area contributed by atoms with Crippen molar-refractivity contribution in [3.8, 4) is 0 Å². The quantitative estimate of drug-likeness (QED) is 0.740. The third kappa shape index (κ3) is 1.57. The Morgan fingerprint density at radius 3 is 2.82 bits per heavy atom. The van der Waals surface area contributed by atoms with Crippen LogP contribution in [0.5, 0.6) is 0 Å². The molecule has 1 aliphatic carbocycles. The van der Waals surface area contributed by atoms with Gasteiger partial charge in [0.05, 0.1) is 5.52 Å². The highest BCUT2D eigenvalue weighted by atomic mass is 16.1. The number of carbonyl (C=O) groups excluding carboxylic acids is 1. The first-order valence-corrected chi connectivity index (χ1v) is 6.22. The lowest BCUT2D eigenvalue weighted by atomic mass is 9.98. The molecule has 3 nitrogen and oxygen atoms in total. The molecule has 0 bridgehead atoms. The van der Waals surface area contributed by atoms with Crippen LogP contribution in [0, 0.1) is 0 Å². The molecule has 3 heteroatoms. The SMILES string of the molecule is Cn1nc2cccc(C=O)c2c1C1CCCC1. The van der Waals surface area contributed by atoms with Crippen molar-refractivity contribution in [3.63, 3.8) is 0 Å². The van der Waals surface area contributed by atoms with Gasteiger partial charge in [0, 0.05) is 29.6 Å². The van der Waals surface area contributed by atoms with Gasteiger partial charge in [0.1, 0.15) is 0 Å². The van der Waals surface area contributed by atoms with E-state index in [1.807, 2.05) is 29.9 Å². The van der Waals surface area contributed by atoms with Gasteiger partial charge in [0.15, 0.2) is 6.29 Å². The van der Waals surface area contributed by atoms with Gasteiger partial charge in [-0.2, -0.15) is 5.10 Å². The van der Waals surface area contributed by atoms with E-state index in [1.54, 1.807) is 0 Å². The molecule has 0 unspecified atom stereocenters. The fourth-order valence-corrected chi connectivity index (χ4v) is 3.06. The number of carbonyl (C=O) groups is 1. The monoisotopic (exact) mass is 228 g/mol. The van der Waals surface area contributed by atoms with Gasteiger partial charge >= 0.3 is 0 Å². The third-order valence-corrected chi connectivity index (χ3v) is 3.81. The predicted octanol–water partition coefficient (Wildman–Crippen LogP) is 3.04. The second-order valence-electron chi connectivity index (χ2n) is 4.85. The summed E-state index contributed by atoms with van der Waals surface area (Å²) in [6.45, 7) is 0. The van der Waals surface area contributed by atoms with Crippen LogP contribution < -0.4 is 0 Å². The Labute approximate surface area is 100 Å². The molecule has 0 radical (unpaired) electrons. The normalized spacial score (nSPS) is 16.8. The zero-order valence-corrected chi connectivity index (χ0v) is 10.0. The first-order chi connectivity index (χ1) is 8.31. The highest BCUT2D eigenvalue weighted by Crippen LogP contribution is 2.38. The molecule has 2 aromatic rings. The number of rotatable bonds is 2. The Hall–Kier alpha value is -1.64. The number of aldehydes is 1. The van der Waals surface area contributed by atoms with Crippen molar-refractivity contribution in [2.45, 2.75) is 31.6 Å². The summed E-state index contributed by atoms with van der Waals surface area (Å²) in [5, 5.41) is 5.59. The van der Waals surface area contributed by atoms with Crippen LogP contribution in [0.4, 0.5) is 0 Å². The van der Waals surface area contributed by atoms with Crippen LogP contribution in [0.15, 0.2) is 18.2 Å². The minimum atomic E-state index is 0.575. The van der Waals surface area contributed by atoms with Crippen molar-refractivity contribution in [2.75, 3.05) is 0 Å². The van der Waals surface area contributed by atoms with Crippen LogP contribution >= 0.6 is 0 Å². The second-order valence-corrected chi connectivity index (χ2v) is 4.85. The Balaban J connectivity index is 2.27. The minimum Gasteiger partial charge on any atom is -0.298 e. The second kappa shape index (κ2) is 3.99. The van der Waals surface area contributed by atoms with Gasteiger partial charge in [-0.25, -0.2) is 0 Å². The van der Waals surface area contributed by atoms with Crippen molar-refractivity contribution < 1.29 is 4.79 Å². The molecule has 1 heterocycles. The summed E-state index contributed by atoms with van der Waals surface area (Å²) in [5.74, 6) is 0.575. The number of aryl methyl sites for hydroxylation is 1. The topological polar surface area (TPSA) is 34.9 Å². The van der Waals surface area contributed by atoms with E-state index in [2.05, 4.69) is 5.10 Å². The van der Waals surface area contributed by atoms with Gasteiger partial charge < -0.3 is 0 Å². The van der Waals surface area contributed by atoms with Gasteiger partial charge in [0.2, 0.25) is 0 Å². The van der Waals surface area contributed by atoms with E-state index in [0.29, 0.717) is 5.92 Å². The summed E-state index contributed by atoms with van der Waals surface area (Å²) in [6.07, 6.45) is 5.98. The molecule has 1 aromatic heterocycles. The summed E-state index contributed by atoms with van der Waals surface area (Å²) in [4.78, 5) is 11.2. The molecule has 1 aromatic carbocycles. The first-order valence-electron chi connectivity index (χ1n) is 6.22. The average Bonchev–Trinajstić information content (AvgIpc) is 2.93. The van der Waals surface area contributed by atoms with E-state index in [0.717, 1.165) is 22.8 Å². The van der Waals surface area contributed by atoms with Crippen LogP contribution in [0.25, 0.3) is 10.9 Å². The molecule has 1 saturated carbocycles. The molecular formula is C14H16N2O. The summed E-state index contributed by atoms with van der Waals surface area (Å²) in [5.41, 5.74) is 2.97. The lowest BCUT2D eigenvalue weighted by Crippen LogP contribution is -2.03. The molecule has 0 atom stereocenters. The molecule has 3 rings (SSSR count). The van der Waals surface area contributed by atoms with Crippen LogP contribution in [-0.4, -0.2) is 16.1 Å². The molecule has 0 aliphatic heterocycles. The fraction of sp³-hybridized carbons (Fsp3) is 0.429. The van der Waals surface area contributed by atoms with Gasteiger partial charge in [-0.15, -0.1) is 0 Å². The predicted molar refractivity (Wildman–Crippen MR) is 67.3 cm³/mol. The molecular weight excluding hydrogens is 212 g/mol. The zero-order valence-electron chi connectivity index (χ0n) is 10.0. The average molecular weight is 228 g/mol. The van der Waals surface area contributed by atoms with Crippen molar-refractivity contribution in [1.29, 1.82) is 0 Å². The molecule has 0 N–H and O–H groups in total. The molecule has 0 saturated heterocycles. The molecule has 1 fully saturated rings. The number of hydrogen-bond acceptors (Lipinski definition) is 2. The van der Waals surface area contributed by atoms with Crippen molar-refractivity contribution >= 4 is 17.2 Å². The van der Waals surface area contributed by atoms with Crippen molar-refractivity contribution in [2.24, 2.45) is 7.05 Å². The number of nitrogens with zero attached hydrogens (tertiary/aromatic N) is 2. The molecule has 0 spiro atoms. The Kier molecular flexibility index (Phi) is 2.46. The molecule has 17 heavy (non-hydrogen) atoms. The maximum atomic E-state index is 11.2. The highest BCUT2D eigenvalue weighted by molar-refractivity contribution is 5.98. The molecule has 1 aliphatic rings. The lowest BCUT2D eigenvalue weighted by molar-refractivity contribution is 0.112. The fourth-order valence-electron chi connectivity index (χ4n) is 3.06. The van der Waals surface area contributed by atoms with Gasteiger partial charge in [-0.05, 0) is 18.9 Å². The standard InChI is InChI=1S/C14H16N2O/c1-16-14(10-5-2-3-6-10)13-11(9-17)7-4-8-12(13)15-16/h4,7-10H,2-3,5-6H2,1H3. The molecule has 88 valence electrons. The largest absolute Gasteiger partial charge is 0.298 e. The maximum Gasteiger partial charge on any atom is 0.150 e. The Bertz CT molecular complexity index is 565. The van der Waals surface area contributed by atoms with E-state index < -0.39 is 0 Å². The van der Waals surface area contributed by atoms with Gasteiger partial charge in [0.25, 0.3) is 0 Å². The maximum absolute atomic E-state index is 11.2. The van der Waals surface area contributed by atoms with Crippen LogP contribution in [0.1, 0.15) is 47.7 Å². The Morgan fingerprint density at radius 2 is 2.12 bits per heavy atom. The zero-order chi connectivity index (χ0) is 11.8. The van der Waals surface area contributed by atoms with Crippen LogP contribution in [0.2, 0.25) is 0 Å². The van der Waals surface area contributed by atoms with Crippen molar-refractivity contribution in [1.82, 2.24) is 9.78 Å². The van der Waals surface area contributed by atoms with Crippen molar-refractivity contribution in [3.05, 3.63) is 29.5 Å². The van der Waals surface area contributed by atoms with Gasteiger partial charge in [-0.1, -0.05) is 25.0 Å². The van der Waals surface area contributed by atoms with Crippen LogP contribution in [-0.2, 0) is 7.05 Å². The van der Waals surface area contributed by atoms with E-state index >= 15 is 0 Å². The first kappa shape index (κ1) is 10.5.